The summed E-state index contributed by atoms with van der Waals surface area (Å²) in [5, 5.41) is 0. The Morgan fingerprint density at radius 3 is 1.17 bits per heavy atom. The van der Waals surface area contributed by atoms with Crippen molar-refractivity contribution in [2.45, 2.75) is 0 Å². The molecule has 0 saturated carbocycles. The monoisotopic (exact) mass is 88.0 g/mol. The van der Waals surface area contributed by atoms with Crippen molar-refractivity contribution in [1.29, 1.82) is 0 Å². The van der Waals surface area contributed by atoms with Gasteiger partial charge in [-0.1, -0.05) is 0 Å². The predicted molar refractivity (Wildman–Crippen MR) is 18.0 cm³/mol. The minimum atomic E-state index is -0.833. The van der Waals surface area contributed by atoms with Crippen molar-refractivity contribution in [3.63, 3.8) is 0 Å². The van der Waals surface area contributed by atoms with Gasteiger partial charge in [-0.15, -0.1) is 0 Å². The summed E-state index contributed by atoms with van der Waals surface area (Å²) >= 11 is 0. The highest BCUT2D eigenvalue weighted by Gasteiger charge is 1.60. The summed E-state index contributed by atoms with van der Waals surface area (Å²) in [4.78, 5) is 9.00. The van der Waals surface area contributed by atoms with Gasteiger partial charge in [0.1, 0.15) is 0 Å². The van der Waals surface area contributed by atoms with Crippen LogP contribution < -0.4 is 23.8 Å². The number of rotatable bonds is 0. The molecule has 0 saturated heterocycles. The van der Waals surface area contributed by atoms with Gasteiger partial charge in [-0.05, 0) is 0 Å². The molecule has 0 aromatic carbocycles. The van der Waals surface area contributed by atoms with Crippen molar-refractivity contribution in [3.8, 4) is 0 Å². The van der Waals surface area contributed by atoms with Crippen molar-refractivity contribution >= 4 is 6.03 Å². The van der Waals surface area contributed by atoms with Crippen LogP contribution >= 0.6 is 0 Å². The third-order valence-corrected chi connectivity index (χ3v) is 0. The Kier molecular flexibility index (Phi) is 28.1. The van der Waals surface area contributed by atoms with Gasteiger partial charge in [-0.25, -0.2) is 4.79 Å². The average molecular weight is 88.1 g/mol. The SMILES string of the molecule is NC(N)=O.[N].[N]. The van der Waals surface area contributed by atoms with E-state index in [-0.39, 0.29) is 12.3 Å². The maximum Gasteiger partial charge on any atom is 0.309 e. The molecule has 6 radical (unpaired) electrons. The molecule has 0 aliphatic rings. The third-order valence-electron chi connectivity index (χ3n) is 0. The first-order chi connectivity index (χ1) is 1.73. The zero-order chi connectivity index (χ0) is 3.58. The van der Waals surface area contributed by atoms with Crippen LogP contribution in [0.5, 0.6) is 0 Å². The molecule has 6 heavy (non-hydrogen) atoms. The van der Waals surface area contributed by atoms with E-state index in [2.05, 4.69) is 11.5 Å². The van der Waals surface area contributed by atoms with Crippen LogP contribution in [0, 0.1) is 0 Å². The fourth-order valence-electron chi connectivity index (χ4n) is 0. The highest BCUT2D eigenvalue weighted by atomic mass is 16.2. The van der Waals surface area contributed by atoms with E-state index in [0.29, 0.717) is 0 Å². The second-order valence-electron chi connectivity index (χ2n) is 0.402. The lowest BCUT2D eigenvalue weighted by Gasteiger charge is -1.62. The number of amides is 2. The minimum Gasteiger partial charge on any atom is -0.352 e. The van der Waals surface area contributed by atoms with Crippen LogP contribution in [-0.2, 0) is 0 Å². The van der Waals surface area contributed by atoms with Gasteiger partial charge in [0.25, 0.3) is 0 Å². The number of nitrogens with two attached hydrogens (primary N) is 2. The molecule has 0 aliphatic heterocycles. The quantitative estimate of drug-likeness (QED) is 0.350. The summed E-state index contributed by atoms with van der Waals surface area (Å²) in [5.41, 5.74) is 8.50. The highest BCUT2D eigenvalue weighted by molar-refractivity contribution is 5.69. The van der Waals surface area contributed by atoms with Gasteiger partial charge in [-0.3, -0.25) is 0 Å². The molecule has 0 bridgehead atoms. The number of primary amides is 2. The van der Waals surface area contributed by atoms with Gasteiger partial charge in [0.15, 0.2) is 0 Å². The normalized spacial score (nSPS) is 4.00. The Hall–Kier alpha value is -0.810. The summed E-state index contributed by atoms with van der Waals surface area (Å²) < 4.78 is 0. The van der Waals surface area contributed by atoms with Crippen LogP contribution in [-0.4, -0.2) is 6.03 Å². The van der Waals surface area contributed by atoms with Crippen LogP contribution in [0.3, 0.4) is 0 Å². The van der Waals surface area contributed by atoms with Gasteiger partial charge < -0.3 is 11.5 Å². The van der Waals surface area contributed by atoms with Crippen LogP contribution in [0.15, 0.2) is 0 Å². The van der Waals surface area contributed by atoms with Crippen LogP contribution in [0.2, 0.25) is 0 Å². The van der Waals surface area contributed by atoms with Gasteiger partial charge in [-0.2, -0.15) is 0 Å². The number of hydrogen-bond donors (Lipinski definition) is 2. The van der Waals surface area contributed by atoms with E-state index >= 15 is 0 Å². The molecule has 0 rings (SSSR count). The summed E-state index contributed by atoms with van der Waals surface area (Å²) in [6, 6.07) is -0.833. The topological polar surface area (TPSA) is 130 Å². The van der Waals surface area contributed by atoms with E-state index in [1.54, 1.807) is 0 Å². The molecule has 0 aliphatic carbocycles. The van der Waals surface area contributed by atoms with Gasteiger partial charge in [0.05, 0.1) is 0 Å². The zero-order valence-electron chi connectivity index (χ0n) is 2.96. The van der Waals surface area contributed by atoms with E-state index in [9.17, 15) is 0 Å². The Morgan fingerprint density at radius 2 is 1.17 bits per heavy atom. The van der Waals surface area contributed by atoms with Crippen LogP contribution in [0.1, 0.15) is 0 Å². The van der Waals surface area contributed by atoms with E-state index in [1.807, 2.05) is 0 Å². The van der Waals surface area contributed by atoms with Crippen LogP contribution in [0.4, 0.5) is 4.79 Å². The van der Waals surface area contributed by atoms with Crippen molar-refractivity contribution in [2.24, 2.45) is 11.5 Å². The summed E-state index contributed by atoms with van der Waals surface area (Å²) in [6.07, 6.45) is 0. The molecule has 0 aromatic heterocycles. The molecular formula is CH4N4O. The van der Waals surface area contributed by atoms with Crippen LogP contribution in [0.25, 0.3) is 0 Å². The molecule has 5 nitrogen and oxygen atoms in total. The molecule has 0 heterocycles. The zero-order valence-corrected chi connectivity index (χ0v) is 2.96. The van der Waals surface area contributed by atoms with E-state index < -0.39 is 6.03 Å². The largest absolute Gasteiger partial charge is 0.352 e. The fourth-order valence-corrected chi connectivity index (χ4v) is 0. The minimum absolute atomic E-state index is 0. The molecule has 0 fully saturated rings. The van der Waals surface area contributed by atoms with E-state index in [0.717, 1.165) is 0 Å². The second-order valence-corrected chi connectivity index (χ2v) is 0.402. The van der Waals surface area contributed by atoms with E-state index in [4.69, 9.17) is 4.79 Å². The number of nitrogens with zero attached hydrogens (tertiary/aromatic N) is 2. The van der Waals surface area contributed by atoms with Gasteiger partial charge in [0.2, 0.25) is 0 Å². The Balaban J connectivity index is -0.0000000450. The maximum atomic E-state index is 9.00. The van der Waals surface area contributed by atoms with Crippen molar-refractivity contribution in [3.05, 3.63) is 0 Å². The summed E-state index contributed by atoms with van der Waals surface area (Å²) in [7, 11) is 0. The molecule has 34 valence electrons. The van der Waals surface area contributed by atoms with Gasteiger partial charge >= 0.3 is 6.03 Å². The predicted octanol–water partition coefficient (Wildman–Crippen LogP) is -1.94. The third kappa shape index (κ3) is 23.3. The molecule has 0 spiro atoms. The molecule has 2 amide bonds. The fraction of sp³-hybridized carbons (Fsp3) is 0. The van der Waals surface area contributed by atoms with E-state index in [1.165, 1.54) is 0 Å². The number of carbonyl (C=O) groups excluding carboxylic acids is 1. The molecular weight excluding hydrogens is 84.0 g/mol. The first-order valence-electron chi connectivity index (χ1n) is 0.781. The lowest BCUT2D eigenvalue weighted by atomic mass is 11.2. The Morgan fingerprint density at radius 1 is 1.17 bits per heavy atom. The van der Waals surface area contributed by atoms with Crippen molar-refractivity contribution in [2.75, 3.05) is 0 Å². The molecule has 0 unspecified atom stereocenters. The molecule has 0 atom stereocenters. The summed E-state index contributed by atoms with van der Waals surface area (Å²) in [5.74, 6) is 0. The second kappa shape index (κ2) is 8.89. The standard InChI is InChI=1S/CH4N2O.2N/c2-1(3)4;;/h(H4,2,3,4);;. The Labute approximate surface area is 35.9 Å². The maximum absolute atomic E-state index is 9.00. The highest BCUT2D eigenvalue weighted by Crippen LogP contribution is 1.25. The van der Waals surface area contributed by atoms with Gasteiger partial charge in [0, 0.05) is 12.3 Å². The van der Waals surface area contributed by atoms with Crippen molar-refractivity contribution in [1.82, 2.24) is 12.3 Å². The lowest BCUT2D eigenvalue weighted by Crippen LogP contribution is -2.18. The first kappa shape index (κ1) is 19.0. The number of urea groups is 1. The van der Waals surface area contributed by atoms with Crippen molar-refractivity contribution < 1.29 is 4.79 Å². The average Bonchev–Trinajstić information content (AvgIpc) is 0.811. The smallest absolute Gasteiger partial charge is 0.309 e. The summed E-state index contributed by atoms with van der Waals surface area (Å²) in [6.45, 7) is 0. The molecule has 4 N–H and O–H groups in total. The molecule has 0 aromatic rings. The first-order valence-corrected chi connectivity index (χ1v) is 0.781. The lowest BCUT2D eigenvalue weighted by molar-refractivity contribution is 0.256. The number of hydrogen-bond acceptors (Lipinski definition) is 1. The molecule has 5 heteroatoms. The Bertz CT molecular complexity index is 30.5. The number of carbonyl (C=O) groups is 1.